The summed E-state index contributed by atoms with van der Waals surface area (Å²) in [5.41, 5.74) is 0. The summed E-state index contributed by atoms with van der Waals surface area (Å²) in [7, 11) is 0. The molecule has 2 heterocycles. The van der Waals surface area contributed by atoms with Crippen LogP contribution in [0.2, 0.25) is 0 Å². The molecule has 0 aromatic heterocycles. The lowest BCUT2D eigenvalue weighted by molar-refractivity contribution is -0.193. The van der Waals surface area contributed by atoms with Crippen molar-refractivity contribution >= 4 is 17.5 Å². The van der Waals surface area contributed by atoms with Crippen molar-refractivity contribution in [1.82, 2.24) is 15.7 Å². The number of aliphatic hydroxyl groups is 2. The summed E-state index contributed by atoms with van der Waals surface area (Å²) < 4.78 is 0. The number of alkyl halides is 1. The number of fused-ring (bicyclic) bond motifs is 1. The number of aliphatic hydroxyl groups excluding tert-OH is 2. The molecule has 5 aliphatic rings. The first-order valence-corrected chi connectivity index (χ1v) is 16.9. The predicted octanol–water partition coefficient (Wildman–Crippen LogP) is 4.40. The Labute approximate surface area is 246 Å². The van der Waals surface area contributed by atoms with Gasteiger partial charge in [0.25, 0.3) is 0 Å². The number of nitrogens with zero attached hydrogens (tertiary/aromatic N) is 1. The van der Waals surface area contributed by atoms with Crippen molar-refractivity contribution in [2.24, 2.45) is 35.5 Å². The van der Waals surface area contributed by atoms with E-state index in [1.54, 1.807) is 6.92 Å². The fourth-order valence-corrected chi connectivity index (χ4v) is 8.82. The maximum atomic E-state index is 13.6. The Morgan fingerprint density at radius 2 is 1.85 bits per heavy atom. The molecule has 2 saturated heterocycles. The first kappa shape index (κ1) is 30.7. The van der Waals surface area contributed by atoms with E-state index >= 15 is 0 Å². The molecule has 3 aliphatic carbocycles. The number of hydroxylamine groups is 2. The van der Waals surface area contributed by atoms with Crippen LogP contribution in [0.4, 0.5) is 0 Å². The summed E-state index contributed by atoms with van der Waals surface area (Å²) >= 11 is 6.29. The third-order valence-corrected chi connectivity index (χ3v) is 11.3. The summed E-state index contributed by atoms with van der Waals surface area (Å²) in [5, 5.41) is 29.8. The molecule has 3 saturated carbocycles. The minimum absolute atomic E-state index is 0.0736. The van der Waals surface area contributed by atoms with Crippen LogP contribution in [0.15, 0.2) is 12.2 Å². The Hall–Kier alpha value is -0.700. The lowest BCUT2D eigenvalue weighted by Crippen LogP contribution is -2.49. The molecule has 7 nitrogen and oxygen atoms in total. The van der Waals surface area contributed by atoms with Crippen LogP contribution in [0, 0.1) is 35.5 Å². The number of carbonyl (C=O) groups excluding carboxylic acids is 1. The fourth-order valence-electron chi connectivity index (χ4n) is 8.57. The number of carbonyl (C=O) groups is 1. The zero-order valence-corrected chi connectivity index (χ0v) is 25.3. The molecule has 5 rings (SSSR count). The number of halogens is 1. The SMILES string of the molecule is C[C@@H](O)[C@H]1ON(CC2CCCC(/C=C/C3CCC(Cl)CC3)C2)[C@@H](C(=O)NCCC2CNC3CCCCC23)[C@H]1CO. The van der Waals surface area contributed by atoms with E-state index in [4.69, 9.17) is 16.4 Å². The van der Waals surface area contributed by atoms with Gasteiger partial charge in [-0.05, 0) is 107 Å². The molecule has 8 heteroatoms. The monoisotopic (exact) mass is 579 g/mol. The van der Waals surface area contributed by atoms with Crippen molar-refractivity contribution < 1.29 is 19.8 Å². The van der Waals surface area contributed by atoms with E-state index in [0.29, 0.717) is 48.2 Å². The molecule has 1 amide bonds. The molecule has 0 aromatic carbocycles. The number of allylic oxidation sites excluding steroid dienone is 2. The van der Waals surface area contributed by atoms with Gasteiger partial charge in [0.05, 0.1) is 12.7 Å². The van der Waals surface area contributed by atoms with Gasteiger partial charge in [-0.2, -0.15) is 5.06 Å². The second-order valence-corrected chi connectivity index (χ2v) is 14.3. The van der Waals surface area contributed by atoms with Gasteiger partial charge >= 0.3 is 0 Å². The van der Waals surface area contributed by atoms with Gasteiger partial charge in [0.1, 0.15) is 12.1 Å². The largest absolute Gasteiger partial charge is 0.396 e. The lowest BCUT2D eigenvalue weighted by atomic mass is 9.79. The van der Waals surface area contributed by atoms with Crippen molar-refractivity contribution in [3.8, 4) is 0 Å². The van der Waals surface area contributed by atoms with Gasteiger partial charge in [-0.25, -0.2) is 0 Å². The number of nitrogens with one attached hydrogen (secondary N) is 2. The summed E-state index contributed by atoms with van der Waals surface area (Å²) in [6, 6.07) is 0.0870. The Bertz CT molecular complexity index is 835. The highest BCUT2D eigenvalue weighted by molar-refractivity contribution is 6.20. The van der Waals surface area contributed by atoms with E-state index in [1.807, 2.05) is 5.06 Å². The molecule has 5 unspecified atom stereocenters. The van der Waals surface area contributed by atoms with Gasteiger partial charge in [0.2, 0.25) is 5.91 Å². The summed E-state index contributed by atoms with van der Waals surface area (Å²) in [6.45, 7) is 3.88. The highest BCUT2D eigenvalue weighted by atomic mass is 35.5. The fraction of sp³-hybridized carbons (Fsp3) is 0.906. The maximum Gasteiger partial charge on any atom is 0.240 e. The standard InChI is InChI=1S/C32H54ClN3O4/c1-21(38)31-28(20-37)30(32(39)34-16-15-25-18-35-29-8-3-2-7-27(25)29)36(40-31)19-24-6-4-5-23(17-24)10-9-22-11-13-26(33)14-12-22/h9-10,21-31,35,37-38H,2-8,11-20H2,1H3,(H,34,39)/b10-9+/t21-,22?,23?,24?,25?,26?,27?,28-,29?,30-,31-/m1/s1. The molecular weight excluding hydrogens is 526 g/mol. The van der Waals surface area contributed by atoms with Gasteiger partial charge in [-0.1, -0.05) is 31.4 Å². The van der Waals surface area contributed by atoms with Crippen molar-refractivity contribution in [3.63, 3.8) is 0 Å². The van der Waals surface area contributed by atoms with Crippen LogP contribution < -0.4 is 10.6 Å². The zero-order chi connectivity index (χ0) is 28.1. The van der Waals surface area contributed by atoms with E-state index in [-0.39, 0.29) is 12.5 Å². The van der Waals surface area contributed by atoms with Crippen LogP contribution in [0.5, 0.6) is 0 Å². The quantitative estimate of drug-likeness (QED) is 0.226. The van der Waals surface area contributed by atoms with Crippen molar-refractivity contribution in [2.45, 2.75) is 120 Å². The van der Waals surface area contributed by atoms with Crippen LogP contribution in [0.1, 0.15) is 90.4 Å². The molecule has 9 atom stereocenters. The first-order valence-electron chi connectivity index (χ1n) is 16.5. The Morgan fingerprint density at radius 1 is 1.07 bits per heavy atom. The number of rotatable bonds is 10. The maximum absolute atomic E-state index is 13.6. The first-order chi connectivity index (χ1) is 19.4. The van der Waals surface area contributed by atoms with Crippen molar-refractivity contribution in [2.75, 3.05) is 26.2 Å². The van der Waals surface area contributed by atoms with Gasteiger partial charge in [-0.3, -0.25) is 9.63 Å². The highest BCUT2D eigenvalue weighted by Crippen LogP contribution is 2.38. The Kier molecular flexibility index (Phi) is 11.3. The molecular formula is C32H54ClN3O4. The molecule has 0 radical (unpaired) electrons. The highest BCUT2D eigenvalue weighted by Gasteiger charge is 2.49. The Balaban J connectivity index is 1.16. The number of hydrogen-bond acceptors (Lipinski definition) is 6. The summed E-state index contributed by atoms with van der Waals surface area (Å²) in [5.74, 6) is 2.50. The van der Waals surface area contributed by atoms with Gasteiger partial charge < -0.3 is 20.8 Å². The molecule has 4 N–H and O–H groups in total. The third-order valence-electron chi connectivity index (χ3n) is 10.8. The summed E-state index contributed by atoms with van der Waals surface area (Å²) in [6.07, 6.45) is 19.0. The Morgan fingerprint density at radius 3 is 2.62 bits per heavy atom. The molecule has 40 heavy (non-hydrogen) atoms. The van der Waals surface area contributed by atoms with Gasteiger partial charge in [0, 0.05) is 30.4 Å². The number of amides is 1. The van der Waals surface area contributed by atoms with Crippen LogP contribution in [-0.4, -0.2) is 77.1 Å². The zero-order valence-electron chi connectivity index (χ0n) is 24.6. The predicted molar refractivity (Wildman–Crippen MR) is 159 cm³/mol. The topological polar surface area (TPSA) is 94.1 Å². The van der Waals surface area contributed by atoms with Gasteiger partial charge in [-0.15, -0.1) is 11.6 Å². The van der Waals surface area contributed by atoms with Crippen molar-refractivity contribution in [3.05, 3.63) is 12.2 Å². The van der Waals surface area contributed by atoms with E-state index in [0.717, 1.165) is 44.6 Å². The van der Waals surface area contributed by atoms with E-state index in [2.05, 4.69) is 22.8 Å². The van der Waals surface area contributed by atoms with E-state index in [1.165, 1.54) is 51.4 Å². The number of hydrogen-bond donors (Lipinski definition) is 4. The molecule has 5 fully saturated rings. The molecule has 0 spiro atoms. The van der Waals surface area contributed by atoms with Crippen LogP contribution in [0.3, 0.4) is 0 Å². The average molecular weight is 580 g/mol. The lowest BCUT2D eigenvalue weighted by Gasteiger charge is -2.33. The smallest absolute Gasteiger partial charge is 0.240 e. The average Bonchev–Trinajstić information content (AvgIpc) is 3.54. The molecule has 0 aromatic rings. The normalized spacial score (nSPS) is 41.7. The van der Waals surface area contributed by atoms with E-state index in [9.17, 15) is 15.0 Å². The van der Waals surface area contributed by atoms with Crippen LogP contribution >= 0.6 is 11.6 Å². The minimum Gasteiger partial charge on any atom is -0.396 e. The second kappa shape index (κ2) is 14.7. The van der Waals surface area contributed by atoms with Crippen LogP contribution in [0.25, 0.3) is 0 Å². The summed E-state index contributed by atoms with van der Waals surface area (Å²) in [4.78, 5) is 19.8. The third kappa shape index (κ3) is 7.62. The van der Waals surface area contributed by atoms with Crippen molar-refractivity contribution in [1.29, 1.82) is 0 Å². The molecule has 2 aliphatic heterocycles. The molecule has 0 bridgehead atoms. The molecule has 228 valence electrons. The van der Waals surface area contributed by atoms with Gasteiger partial charge in [0.15, 0.2) is 0 Å². The second-order valence-electron chi connectivity index (χ2n) is 13.7. The minimum atomic E-state index is -0.754. The van der Waals surface area contributed by atoms with E-state index < -0.39 is 24.2 Å². The van der Waals surface area contributed by atoms with Crippen LogP contribution in [-0.2, 0) is 9.63 Å².